The van der Waals surface area contributed by atoms with Gasteiger partial charge >= 0.3 is 0 Å². The van der Waals surface area contributed by atoms with Crippen LogP contribution in [0.4, 0.5) is 0 Å². The minimum Gasteiger partial charge on any atom is -0.293 e. The highest BCUT2D eigenvalue weighted by Gasteiger charge is 2.26. The fourth-order valence-electron chi connectivity index (χ4n) is 5.33. The van der Waals surface area contributed by atoms with Crippen LogP contribution < -0.4 is 5.56 Å². The van der Waals surface area contributed by atoms with Gasteiger partial charge in [0.25, 0.3) is 5.56 Å². The summed E-state index contributed by atoms with van der Waals surface area (Å²) >= 11 is 0. The van der Waals surface area contributed by atoms with Crippen molar-refractivity contribution in [3.8, 4) is 5.69 Å². The number of aryl methyl sites for hydroxylation is 2. The zero-order chi connectivity index (χ0) is 22.5. The molecule has 6 rings (SSSR count). The summed E-state index contributed by atoms with van der Waals surface area (Å²) in [4.78, 5) is 29.1. The van der Waals surface area contributed by atoms with Gasteiger partial charge in [0.15, 0.2) is 11.3 Å². The molecule has 1 aliphatic rings. The number of benzene rings is 2. The molecule has 0 unspecified atom stereocenters. The molecule has 0 bridgehead atoms. The van der Waals surface area contributed by atoms with Gasteiger partial charge in [0.1, 0.15) is 16.7 Å². The normalized spacial score (nSPS) is 15.1. The number of hydrogen-bond acceptors (Lipinski definition) is 4. The number of nitrogens with zero attached hydrogens (tertiary/aromatic N) is 5. The maximum atomic E-state index is 14.1. The Labute approximate surface area is 191 Å². The molecule has 1 fully saturated rings. The van der Waals surface area contributed by atoms with Crippen LogP contribution in [0.25, 0.3) is 38.9 Å². The van der Waals surface area contributed by atoms with Gasteiger partial charge < -0.3 is 0 Å². The molecule has 0 amide bonds. The summed E-state index contributed by atoms with van der Waals surface area (Å²) in [7, 11) is 0. The van der Waals surface area contributed by atoms with Crippen molar-refractivity contribution in [1.29, 1.82) is 0 Å². The van der Waals surface area contributed by atoms with Crippen LogP contribution >= 0.6 is 0 Å². The van der Waals surface area contributed by atoms with Gasteiger partial charge in [0.2, 0.25) is 0 Å². The molecule has 33 heavy (non-hydrogen) atoms. The quantitative estimate of drug-likeness (QED) is 0.365. The first-order valence-electron chi connectivity index (χ1n) is 11.9. The minimum absolute atomic E-state index is 0.0183. The fourth-order valence-corrected chi connectivity index (χ4v) is 5.33. The second-order valence-electron chi connectivity index (χ2n) is 9.11. The third-order valence-electron chi connectivity index (χ3n) is 6.90. The average molecular weight is 438 g/mol. The topological polar surface area (TPSA) is 65.6 Å². The molecule has 6 heteroatoms. The molecule has 0 atom stereocenters. The SMILES string of the molecule is CCc1nc2c(c(=O)n1C1CCCCC1)c1nc3ccccc3nc1n2-c1cccc(C)c1. The highest BCUT2D eigenvalue weighted by molar-refractivity contribution is 6.05. The first-order valence-corrected chi connectivity index (χ1v) is 11.9. The van der Waals surface area contributed by atoms with Crippen molar-refractivity contribution in [3.05, 3.63) is 70.3 Å². The Bertz CT molecular complexity index is 1570. The number of para-hydroxylation sites is 2. The van der Waals surface area contributed by atoms with E-state index < -0.39 is 0 Å². The first kappa shape index (κ1) is 20.1. The van der Waals surface area contributed by atoms with Gasteiger partial charge in [-0.05, 0) is 49.6 Å². The molecular weight excluding hydrogens is 410 g/mol. The van der Waals surface area contributed by atoms with Gasteiger partial charge in [0, 0.05) is 18.2 Å². The minimum atomic E-state index is 0.0183. The largest absolute Gasteiger partial charge is 0.293 e. The Morgan fingerprint density at radius 3 is 2.39 bits per heavy atom. The zero-order valence-corrected chi connectivity index (χ0v) is 19.1. The number of rotatable bonds is 3. The summed E-state index contributed by atoms with van der Waals surface area (Å²) in [6.45, 7) is 4.15. The van der Waals surface area contributed by atoms with Crippen molar-refractivity contribution in [3.63, 3.8) is 0 Å². The van der Waals surface area contributed by atoms with E-state index in [0.717, 1.165) is 53.8 Å². The Balaban J connectivity index is 1.78. The summed E-state index contributed by atoms with van der Waals surface area (Å²) in [6.07, 6.45) is 6.34. The van der Waals surface area contributed by atoms with Gasteiger partial charge in [-0.1, -0.05) is 50.5 Å². The Morgan fingerprint density at radius 2 is 1.67 bits per heavy atom. The molecule has 1 saturated carbocycles. The predicted octanol–water partition coefficient (Wildman–Crippen LogP) is 5.66. The standard InChI is InChI=1S/C27H27N5O/c1-3-22-30-25-23(27(33)31(22)18-11-5-4-6-12-18)24-26(29-21-15-8-7-14-20(21)28-24)32(25)19-13-9-10-17(2)16-19/h7-10,13-16,18H,3-6,11-12H2,1-2H3. The lowest BCUT2D eigenvalue weighted by Crippen LogP contribution is -2.30. The van der Waals surface area contributed by atoms with Crippen LogP contribution in [-0.4, -0.2) is 24.1 Å². The van der Waals surface area contributed by atoms with Crippen molar-refractivity contribution < 1.29 is 0 Å². The highest BCUT2D eigenvalue weighted by atomic mass is 16.1. The third kappa shape index (κ3) is 3.16. The summed E-state index contributed by atoms with van der Waals surface area (Å²) in [5, 5.41) is 0.576. The number of aromatic nitrogens is 5. The number of hydrogen-bond donors (Lipinski definition) is 0. The second kappa shape index (κ2) is 7.80. The van der Waals surface area contributed by atoms with E-state index in [1.807, 2.05) is 45.5 Å². The molecule has 0 N–H and O–H groups in total. The van der Waals surface area contributed by atoms with Gasteiger partial charge in [-0.3, -0.25) is 13.9 Å². The monoisotopic (exact) mass is 437 g/mol. The lowest BCUT2D eigenvalue weighted by molar-refractivity contribution is 0.337. The van der Waals surface area contributed by atoms with E-state index in [0.29, 0.717) is 28.6 Å². The average Bonchev–Trinajstić information content (AvgIpc) is 3.16. The molecular formula is C27H27N5O. The third-order valence-corrected chi connectivity index (χ3v) is 6.90. The smallest absolute Gasteiger partial charge is 0.265 e. The van der Waals surface area contributed by atoms with Crippen molar-refractivity contribution in [2.24, 2.45) is 0 Å². The lowest BCUT2D eigenvalue weighted by Gasteiger charge is -2.26. The van der Waals surface area contributed by atoms with E-state index in [9.17, 15) is 4.79 Å². The summed E-state index contributed by atoms with van der Waals surface area (Å²) in [6, 6.07) is 16.3. The summed E-state index contributed by atoms with van der Waals surface area (Å²) in [5.41, 5.74) is 5.68. The van der Waals surface area contributed by atoms with Crippen LogP contribution in [0.2, 0.25) is 0 Å². The van der Waals surface area contributed by atoms with E-state index in [2.05, 4.69) is 26.0 Å². The van der Waals surface area contributed by atoms with Crippen LogP contribution in [0, 0.1) is 6.92 Å². The van der Waals surface area contributed by atoms with E-state index in [1.54, 1.807) is 0 Å². The summed E-state index contributed by atoms with van der Waals surface area (Å²) < 4.78 is 3.99. The van der Waals surface area contributed by atoms with Crippen molar-refractivity contribution in [2.45, 2.75) is 58.4 Å². The van der Waals surface area contributed by atoms with Gasteiger partial charge in [0.05, 0.1) is 11.0 Å². The molecule has 3 aromatic heterocycles. The van der Waals surface area contributed by atoms with Gasteiger partial charge in [-0.25, -0.2) is 15.0 Å². The summed E-state index contributed by atoms with van der Waals surface area (Å²) in [5.74, 6) is 0.848. The molecule has 5 aromatic rings. The fraction of sp³-hybridized carbons (Fsp3) is 0.333. The number of fused-ring (bicyclic) bond motifs is 4. The zero-order valence-electron chi connectivity index (χ0n) is 19.1. The van der Waals surface area contributed by atoms with E-state index in [1.165, 1.54) is 6.42 Å². The van der Waals surface area contributed by atoms with E-state index in [4.69, 9.17) is 15.0 Å². The van der Waals surface area contributed by atoms with Crippen LogP contribution in [0.1, 0.15) is 56.5 Å². The van der Waals surface area contributed by atoms with Gasteiger partial charge in [-0.15, -0.1) is 0 Å². The second-order valence-corrected chi connectivity index (χ2v) is 9.11. The molecule has 0 aliphatic heterocycles. The molecule has 6 nitrogen and oxygen atoms in total. The van der Waals surface area contributed by atoms with Crippen LogP contribution in [0.15, 0.2) is 53.3 Å². The van der Waals surface area contributed by atoms with E-state index in [-0.39, 0.29) is 11.6 Å². The molecule has 1 aliphatic carbocycles. The molecule has 166 valence electrons. The Morgan fingerprint density at radius 1 is 0.909 bits per heavy atom. The lowest BCUT2D eigenvalue weighted by atomic mass is 9.95. The van der Waals surface area contributed by atoms with Crippen LogP contribution in [0.3, 0.4) is 0 Å². The van der Waals surface area contributed by atoms with E-state index >= 15 is 0 Å². The molecule has 0 radical (unpaired) electrons. The first-order chi connectivity index (χ1) is 16.2. The van der Waals surface area contributed by atoms with Crippen molar-refractivity contribution >= 4 is 33.2 Å². The maximum Gasteiger partial charge on any atom is 0.265 e. The molecule has 3 heterocycles. The maximum absolute atomic E-state index is 14.1. The Hall–Kier alpha value is -3.54. The highest BCUT2D eigenvalue weighted by Crippen LogP contribution is 2.32. The predicted molar refractivity (Wildman–Crippen MR) is 132 cm³/mol. The molecule has 2 aromatic carbocycles. The van der Waals surface area contributed by atoms with Gasteiger partial charge in [-0.2, -0.15) is 0 Å². The molecule has 0 saturated heterocycles. The Kier molecular flexibility index (Phi) is 4.75. The molecule has 0 spiro atoms. The van der Waals surface area contributed by atoms with Crippen molar-refractivity contribution in [1.82, 2.24) is 24.1 Å². The van der Waals surface area contributed by atoms with Crippen LogP contribution in [0.5, 0.6) is 0 Å². The van der Waals surface area contributed by atoms with Crippen molar-refractivity contribution in [2.75, 3.05) is 0 Å². The van der Waals surface area contributed by atoms with Crippen LogP contribution in [-0.2, 0) is 6.42 Å².